The number of hydrogen-bond acceptors (Lipinski definition) is 5. The number of halogens is 1. The number of nitrogens with one attached hydrogen (secondary N) is 1. The van der Waals surface area contributed by atoms with Crippen LogP contribution >= 0.6 is 0 Å². The number of aromatic nitrogens is 2. The number of amides is 1. The molecule has 0 radical (unpaired) electrons. The maximum Gasteiger partial charge on any atom is 0.335 e. The predicted molar refractivity (Wildman–Crippen MR) is 109 cm³/mol. The number of benzene rings is 2. The van der Waals surface area contributed by atoms with E-state index < -0.39 is 23.3 Å². The summed E-state index contributed by atoms with van der Waals surface area (Å²) in [7, 11) is 1.69. The number of carboxylic acid groups (broad SMARTS) is 1. The van der Waals surface area contributed by atoms with Crippen molar-refractivity contribution in [3.05, 3.63) is 65.1 Å². The molecule has 1 aromatic heterocycles. The van der Waals surface area contributed by atoms with Crippen molar-refractivity contribution >= 4 is 17.7 Å². The lowest BCUT2D eigenvalue weighted by atomic mass is 9.99. The second-order valence-corrected chi connectivity index (χ2v) is 7.84. The number of rotatable bonds is 5. The molecular weight excluding hydrogens is 405 g/mol. The molecule has 2 aromatic carbocycles. The molecular formula is C22H20FN3O5. The van der Waals surface area contributed by atoms with E-state index in [1.165, 1.54) is 28.9 Å². The number of carbonyl (C=O) groups is 2. The van der Waals surface area contributed by atoms with E-state index in [0.29, 0.717) is 17.7 Å². The minimum absolute atomic E-state index is 0.0395. The largest absolute Gasteiger partial charge is 0.487 e. The van der Waals surface area contributed by atoms with Crippen LogP contribution in [0.1, 0.15) is 40.1 Å². The molecule has 2 N–H and O–H groups in total. The zero-order chi connectivity index (χ0) is 22.3. The number of carbonyl (C=O) groups excluding carboxylic acids is 1. The van der Waals surface area contributed by atoms with Crippen molar-refractivity contribution < 1.29 is 28.6 Å². The molecule has 9 heteroatoms. The van der Waals surface area contributed by atoms with Gasteiger partial charge < -0.3 is 19.9 Å². The first-order valence-electron chi connectivity index (χ1n) is 9.49. The van der Waals surface area contributed by atoms with Crippen LogP contribution in [0.4, 0.5) is 10.2 Å². The van der Waals surface area contributed by atoms with Gasteiger partial charge in [0, 0.05) is 31.3 Å². The molecule has 8 nitrogen and oxygen atoms in total. The highest BCUT2D eigenvalue weighted by Gasteiger charge is 2.34. The Hall–Kier alpha value is -3.88. The predicted octanol–water partition coefficient (Wildman–Crippen LogP) is 4.02. The fourth-order valence-electron chi connectivity index (χ4n) is 3.45. The Balaban J connectivity index is 1.73. The van der Waals surface area contributed by atoms with E-state index in [9.17, 15) is 19.1 Å². The first kappa shape index (κ1) is 20.4. The Morgan fingerprint density at radius 3 is 2.71 bits per heavy atom. The van der Waals surface area contributed by atoms with Gasteiger partial charge in [-0.2, -0.15) is 5.10 Å². The average Bonchev–Trinajstić information content (AvgIpc) is 3.22. The molecule has 0 unspecified atom stereocenters. The van der Waals surface area contributed by atoms with Gasteiger partial charge in [-0.1, -0.05) is 6.07 Å². The smallest absolute Gasteiger partial charge is 0.335 e. The molecule has 0 saturated carbocycles. The molecule has 0 aliphatic carbocycles. The second-order valence-electron chi connectivity index (χ2n) is 7.84. The third-order valence-electron chi connectivity index (χ3n) is 4.78. The number of aromatic carboxylic acids is 1. The van der Waals surface area contributed by atoms with Crippen LogP contribution in [-0.2, 0) is 13.5 Å². The normalized spacial score (nSPS) is 13.9. The highest BCUT2D eigenvalue weighted by Crippen LogP contribution is 2.43. The van der Waals surface area contributed by atoms with E-state index in [2.05, 4.69) is 10.4 Å². The molecule has 1 aliphatic heterocycles. The maximum absolute atomic E-state index is 14.6. The summed E-state index contributed by atoms with van der Waals surface area (Å²) in [5.41, 5.74) is -0.267. The molecule has 3 aromatic rings. The number of carboxylic acids is 1. The Morgan fingerprint density at radius 1 is 1.26 bits per heavy atom. The molecule has 0 bridgehead atoms. The number of anilines is 1. The van der Waals surface area contributed by atoms with Gasteiger partial charge in [0.1, 0.15) is 34.2 Å². The number of ether oxygens (including phenoxy) is 2. The van der Waals surface area contributed by atoms with Gasteiger partial charge in [0.25, 0.3) is 5.91 Å². The average molecular weight is 425 g/mol. The van der Waals surface area contributed by atoms with E-state index in [-0.39, 0.29) is 28.4 Å². The van der Waals surface area contributed by atoms with E-state index in [1.54, 1.807) is 19.3 Å². The molecule has 160 valence electrons. The van der Waals surface area contributed by atoms with Crippen molar-refractivity contribution in [3.63, 3.8) is 0 Å². The van der Waals surface area contributed by atoms with Crippen LogP contribution in [0.3, 0.4) is 0 Å². The van der Waals surface area contributed by atoms with Crippen molar-refractivity contribution in [3.8, 4) is 17.2 Å². The van der Waals surface area contributed by atoms with Crippen molar-refractivity contribution in [2.24, 2.45) is 7.05 Å². The van der Waals surface area contributed by atoms with Crippen LogP contribution in [0.2, 0.25) is 0 Å². The third kappa shape index (κ3) is 4.07. The lowest BCUT2D eigenvalue weighted by Gasteiger charge is -2.16. The fraction of sp³-hybridized carbons (Fsp3) is 0.227. The summed E-state index contributed by atoms with van der Waals surface area (Å²) in [6.07, 6.45) is 2.10. The number of hydrogen-bond donors (Lipinski definition) is 2. The second kappa shape index (κ2) is 7.42. The van der Waals surface area contributed by atoms with Gasteiger partial charge in [-0.3, -0.25) is 9.48 Å². The summed E-state index contributed by atoms with van der Waals surface area (Å²) in [4.78, 5) is 24.3. The monoisotopic (exact) mass is 425 g/mol. The first-order valence-corrected chi connectivity index (χ1v) is 9.49. The molecule has 0 fully saturated rings. The Kier molecular flexibility index (Phi) is 4.88. The Morgan fingerprint density at radius 2 is 2.03 bits per heavy atom. The van der Waals surface area contributed by atoms with E-state index >= 15 is 0 Å². The summed E-state index contributed by atoms with van der Waals surface area (Å²) in [5.74, 6) is -1.90. The van der Waals surface area contributed by atoms with Gasteiger partial charge in [-0.15, -0.1) is 0 Å². The molecule has 1 aliphatic rings. The fourth-order valence-corrected chi connectivity index (χ4v) is 3.45. The Bertz CT molecular complexity index is 1200. The molecule has 0 atom stereocenters. The summed E-state index contributed by atoms with van der Waals surface area (Å²) < 4.78 is 27.9. The van der Waals surface area contributed by atoms with Crippen molar-refractivity contribution in [1.29, 1.82) is 0 Å². The van der Waals surface area contributed by atoms with Crippen molar-refractivity contribution in [1.82, 2.24) is 9.78 Å². The number of nitrogens with zero attached hydrogens (tertiary/aromatic N) is 2. The van der Waals surface area contributed by atoms with Gasteiger partial charge >= 0.3 is 5.97 Å². The van der Waals surface area contributed by atoms with Gasteiger partial charge in [-0.25, -0.2) is 9.18 Å². The van der Waals surface area contributed by atoms with Gasteiger partial charge in [0.2, 0.25) is 0 Å². The molecule has 1 amide bonds. The molecule has 4 rings (SSSR count). The van der Waals surface area contributed by atoms with Crippen LogP contribution in [0, 0.1) is 5.82 Å². The van der Waals surface area contributed by atoms with Crippen LogP contribution < -0.4 is 14.8 Å². The SMILES string of the molecule is Cn1ccc(NC(=O)c2c(F)cccc2Oc2cc(C(=O)O)cc3c2CC(C)(C)O3)n1. The standard InChI is InChI=1S/C22H20FN3O5/c1-22(2)11-13-16(9-12(21(28)29)10-17(13)31-22)30-15-6-4-5-14(23)19(15)20(27)24-18-7-8-26(3)25-18/h4-10H,11H2,1-3H3,(H,28,29)(H,24,25,27). The quantitative estimate of drug-likeness (QED) is 0.640. The summed E-state index contributed by atoms with van der Waals surface area (Å²) in [6.45, 7) is 3.73. The van der Waals surface area contributed by atoms with Crippen LogP contribution in [0.5, 0.6) is 17.2 Å². The van der Waals surface area contributed by atoms with Gasteiger partial charge in [-0.05, 0) is 38.1 Å². The highest BCUT2D eigenvalue weighted by molar-refractivity contribution is 6.06. The third-order valence-corrected chi connectivity index (χ3v) is 4.78. The Labute approximate surface area is 177 Å². The van der Waals surface area contributed by atoms with Gasteiger partial charge in [0.05, 0.1) is 5.56 Å². The summed E-state index contributed by atoms with van der Waals surface area (Å²) in [5, 5.41) is 16.0. The zero-order valence-electron chi connectivity index (χ0n) is 17.1. The van der Waals surface area contributed by atoms with E-state index in [4.69, 9.17) is 9.47 Å². The zero-order valence-corrected chi connectivity index (χ0v) is 17.1. The molecule has 0 spiro atoms. The minimum atomic E-state index is -1.16. The minimum Gasteiger partial charge on any atom is -0.487 e. The van der Waals surface area contributed by atoms with Crippen molar-refractivity contribution in [2.75, 3.05) is 5.32 Å². The van der Waals surface area contributed by atoms with Crippen LogP contribution in [-0.4, -0.2) is 32.4 Å². The summed E-state index contributed by atoms with van der Waals surface area (Å²) in [6, 6.07) is 8.34. The first-order chi connectivity index (χ1) is 14.6. The highest BCUT2D eigenvalue weighted by atomic mass is 19.1. The van der Waals surface area contributed by atoms with Crippen LogP contribution in [0.25, 0.3) is 0 Å². The van der Waals surface area contributed by atoms with Crippen LogP contribution in [0.15, 0.2) is 42.6 Å². The lowest BCUT2D eigenvalue weighted by Crippen LogP contribution is -2.24. The lowest BCUT2D eigenvalue weighted by molar-refractivity contribution is 0.0694. The summed E-state index contributed by atoms with van der Waals surface area (Å²) >= 11 is 0. The molecule has 31 heavy (non-hydrogen) atoms. The topological polar surface area (TPSA) is 103 Å². The number of aryl methyl sites for hydroxylation is 1. The molecule has 0 saturated heterocycles. The van der Waals surface area contributed by atoms with E-state index in [0.717, 1.165) is 6.07 Å². The molecule has 2 heterocycles. The maximum atomic E-state index is 14.6. The van der Waals surface area contributed by atoms with E-state index in [1.807, 2.05) is 13.8 Å². The van der Waals surface area contributed by atoms with Crippen molar-refractivity contribution in [2.45, 2.75) is 25.9 Å². The number of fused-ring (bicyclic) bond motifs is 1. The van der Waals surface area contributed by atoms with Gasteiger partial charge in [0.15, 0.2) is 5.82 Å².